The standard InChI is InChI=1S/C17H20O7/c1-10(2)15(17(21)22)13(16(19)20)8-11-4-6-12(7-5-11)24-9-14(18)23-3/h4-7,10H,8-9H2,1-3H3,(H,19,20)(H,21,22)/b15-13-. The molecule has 0 aromatic heterocycles. The average molecular weight is 336 g/mol. The first-order valence-electron chi connectivity index (χ1n) is 7.24. The van der Waals surface area contributed by atoms with Gasteiger partial charge in [0.2, 0.25) is 0 Å². The summed E-state index contributed by atoms with van der Waals surface area (Å²) in [4.78, 5) is 33.8. The lowest BCUT2D eigenvalue weighted by Crippen LogP contribution is -2.17. The van der Waals surface area contributed by atoms with Crippen molar-refractivity contribution in [1.29, 1.82) is 0 Å². The number of benzene rings is 1. The Kier molecular flexibility index (Phi) is 6.98. The lowest BCUT2D eigenvalue weighted by atomic mass is 9.93. The SMILES string of the molecule is COC(=O)COc1ccc(C/C(C(=O)O)=C(/C(=O)O)C(C)C)cc1. The first-order valence-corrected chi connectivity index (χ1v) is 7.24. The minimum atomic E-state index is -1.26. The van der Waals surface area contributed by atoms with Gasteiger partial charge in [0, 0.05) is 6.42 Å². The van der Waals surface area contributed by atoms with Crippen molar-refractivity contribution in [3.8, 4) is 5.75 Å². The summed E-state index contributed by atoms with van der Waals surface area (Å²) < 4.78 is 9.65. The summed E-state index contributed by atoms with van der Waals surface area (Å²) in [6.45, 7) is 3.04. The van der Waals surface area contributed by atoms with Gasteiger partial charge in [-0.05, 0) is 23.6 Å². The lowest BCUT2D eigenvalue weighted by molar-refractivity contribution is -0.143. The molecule has 0 unspecified atom stereocenters. The largest absolute Gasteiger partial charge is 0.482 e. The molecule has 0 aliphatic carbocycles. The van der Waals surface area contributed by atoms with E-state index in [1.165, 1.54) is 7.11 Å². The number of hydrogen-bond acceptors (Lipinski definition) is 5. The topological polar surface area (TPSA) is 110 Å². The summed E-state index contributed by atoms with van der Waals surface area (Å²) in [5.41, 5.74) is 0.353. The van der Waals surface area contributed by atoms with E-state index in [0.717, 1.165) is 0 Å². The van der Waals surface area contributed by atoms with Crippen LogP contribution >= 0.6 is 0 Å². The van der Waals surface area contributed by atoms with E-state index >= 15 is 0 Å². The maximum Gasteiger partial charge on any atom is 0.343 e. The molecule has 0 saturated heterocycles. The Bertz CT molecular complexity index is 641. The van der Waals surface area contributed by atoms with Crippen LogP contribution in [0.3, 0.4) is 0 Å². The molecule has 0 aliphatic heterocycles. The smallest absolute Gasteiger partial charge is 0.343 e. The summed E-state index contributed by atoms with van der Waals surface area (Å²) in [5.74, 6) is -3.01. The highest BCUT2D eigenvalue weighted by atomic mass is 16.6. The van der Waals surface area contributed by atoms with E-state index in [1.54, 1.807) is 38.1 Å². The minimum Gasteiger partial charge on any atom is -0.482 e. The number of ether oxygens (including phenoxy) is 2. The van der Waals surface area contributed by atoms with Crippen molar-refractivity contribution in [2.75, 3.05) is 13.7 Å². The molecule has 0 spiro atoms. The molecular weight excluding hydrogens is 316 g/mol. The van der Waals surface area contributed by atoms with E-state index in [1.807, 2.05) is 0 Å². The van der Waals surface area contributed by atoms with Gasteiger partial charge in [-0.1, -0.05) is 26.0 Å². The van der Waals surface area contributed by atoms with Crippen LogP contribution in [0.1, 0.15) is 19.4 Å². The highest BCUT2D eigenvalue weighted by Gasteiger charge is 2.23. The average Bonchev–Trinajstić information content (AvgIpc) is 2.52. The third-order valence-corrected chi connectivity index (χ3v) is 3.28. The fourth-order valence-corrected chi connectivity index (χ4v) is 2.12. The number of carboxylic acid groups (broad SMARTS) is 2. The number of carbonyl (C=O) groups excluding carboxylic acids is 1. The van der Waals surface area contributed by atoms with E-state index in [4.69, 9.17) is 4.74 Å². The van der Waals surface area contributed by atoms with Crippen LogP contribution in [0.5, 0.6) is 5.75 Å². The molecule has 0 fully saturated rings. The molecule has 1 aromatic rings. The Balaban J connectivity index is 2.97. The predicted molar refractivity (Wildman–Crippen MR) is 84.8 cm³/mol. The molecule has 7 nitrogen and oxygen atoms in total. The van der Waals surface area contributed by atoms with Crippen LogP contribution < -0.4 is 4.74 Å². The molecule has 1 rings (SSSR count). The maximum absolute atomic E-state index is 11.4. The van der Waals surface area contributed by atoms with Gasteiger partial charge in [-0.3, -0.25) is 0 Å². The van der Waals surface area contributed by atoms with Crippen molar-refractivity contribution in [2.24, 2.45) is 5.92 Å². The van der Waals surface area contributed by atoms with Crippen molar-refractivity contribution in [3.05, 3.63) is 41.0 Å². The zero-order valence-electron chi connectivity index (χ0n) is 13.7. The Labute approximate surface area is 139 Å². The molecule has 0 radical (unpaired) electrons. The van der Waals surface area contributed by atoms with Crippen LogP contribution in [0, 0.1) is 5.92 Å². The molecule has 7 heteroatoms. The normalized spacial score (nSPS) is 11.7. The minimum absolute atomic E-state index is 0.0214. The van der Waals surface area contributed by atoms with Gasteiger partial charge in [0.25, 0.3) is 0 Å². The van der Waals surface area contributed by atoms with E-state index in [2.05, 4.69) is 4.74 Å². The van der Waals surface area contributed by atoms with Crippen molar-refractivity contribution >= 4 is 17.9 Å². The third kappa shape index (κ3) is 5.42. The number of aliphatic carboxylic acids is 2. The number of rotatable bonds is 8. The molecule has 0 amide bonds. The van der Waals surface area contributed by atoms with Gasteiger partial charge < -0.3 is 19.7 Å². The quantitative estimate of drug-likeness (QED) is 0.551. The fraction of sp³-hybridized carbons (Fsp3) is 0.353. The number of esters is 1. The van der Waals surface area contributed by atoms with E-state index in [9.17, 15) is 24.6 Å². The Morgan fingerprint density at radius 3 is 2.04 bits per heavy atom. The second-order valence-corrected chi connectivity index (χ2v) is 5.34. The molecule has 0 saturated carbocycles. The first kappa shape index (κ1) is 19.2. The zero-order valence-corrected chi connectivity index (χ0v) is 13.7. The van der Waals surface area contributed by atoms with Gasteiger partial charge in [0.1, 0.15) is 5.75 Å². The summed E-state index contributed by atoms with van der Waals surface area (Å²) >= 11 is 0. The summed E-state index contributed by atoms with van der Waals surface area (Å²) in [5, 5.41) is 18.6. The molecule has 0 heterocycles. The summed E-state index contributed by atoms with van der Waals surface area (Å²) in [7, 11) is 1.25. The second kappa shape index (κ2) is 8.71. The van der Waals surface area contributed by atoms with Gasteiger partial charge in [0.15, 0.2) is 6.61 Å². The fourth-order valence-electron chi connectivity index (χ4n) is 2.12. The lowest BCUT2D eigenvalue weighted by Gasteiger charge is -2.12. The molecule has 1 aromatic carbocycles. The van der Waals surface area contributed by atoms with Gasteiger partial charge in [-0.15, -0.1) is 0 Å². The molecule has 130 valence electrons. The predicted octanol–water partition coefficient (Wildman–Crippen LogP) is 1.90. The van der Waals surface area contributed by atoms with Crippen molar-refractivity contribution in [2.45, 2.75) is 20.3 Å². The number of hydrogen-bond donors (Lipinski definition) is 2. The molecule has 24 heavy (non-hydrogen) atoms. The highest BCUT2D eigenvalue weighted by molar-refractivity contribution is 5.99. The van der Waals surface area contributed by atoms with Crippen LogP contribution in [-0.2, 0) is 25.5 Å². The maximum atomic E-state index is 11.4. The Morgan fingerprint density at radius 2 is 1.62 bits per heavy atom. The molecule has 0 bridgehead atoms. The van der Waals surface area contributed by atoms with Crippen LogP contribution in [-0.4, -0.2) is 41.8 Å². The van der Waals surface area contributed by atoms with Crippen molar-refractivity contribution in [1.82, 2.24) is 0 Å². The van der Waals surface area contributed by atoms with E-state index in [-0.39, 0.29) is 24.2 Å². The van der Waals surface area contributed by atoms with Crippen molar-refractivity contribution in [3.63, 3.8) is 0 Å². The first-order chi connectivity index (χ1) is 11.3. The van der Waals surface area contributed by atoms with Crippen LogP contribution in [0.15, 0.2) is 35.4 Å². The number of carbonyl (C=O) groups is 3. The van der Waals surface area contributed by atoms with Crippen molar-refractivity contribution < 1.29 is 34.1 Å². The van der Waals surface area contributed by atoms with Crippen LogP contribution in [0.4, 0.5) is 0 Å². The van der Waals surface area contributed by atoms with Gasteiger partial charge in [0.05, 0.1) is 18.3 Å². The zero-order chi connectivity index (χ0) is 18.3. The Hall–Kier alpha value is -2.83. The number of methoxy groups -OCH3 is 1. The van der Waals surface area contributed by atoms with Gasteiger partial charge >= 0.3 is 17.9 Å². The molecule has 2 N–H and O–H groups in total. The number of carboxylic acids is 2. The van der Waals surface area contributed by atoms with E-state index in [0.29, 0.717) is 11.3 Å². The molecular formula is C17H20O7. The highest BCUT2D eigenvalue weighted by Crippen LogP contribution is 2.21. The van der Waals surface area contributed by atoms with Gasteiger partial charge in [-0.2, -0.15) is 0 Å². The Morgan fingerprint density at radius 1 is 1.04 bits per heavy atom. The summed E-state index contributed by atoms with van der Waals surface area (Å²) in [6, 6.07) is 6.39. The summed E-state index contributed by atoms with van der Waals surface area (Å²) in [6.07, 6.45) is -0.0214. The third-order valence-electron chi connectivity index (χ3n) is 3.28. The van der Waals surface area contributed by atoms with Crippen LogP contribution in [0.25, 0.3) is 0 Å². The second-order valence-electron chi connectivity index (χ2n) is 5.34. The molecule has 0 atom stereocenters. The monoisotopic (exact) mass is 336 g/mol. The molecule has 0 aliphatic rings. The van der Waals surface area contributed by atoms with Gasteiger partial charge in [-0.25, -0.2) is 14.4 Å². The van der Waals surface area contributed by atoms with Crippen LogP contribution in [0.2, 0.25) is 0 Å². The van der Waals surface area contributed by atoms with E-state index < -0.39 is 23.8 Å².